The molecule has 17 heavy (non-hydrogen) atoms. The third-order valence-electron chi connectivity index (χ3n) is 3.62. The molecule has 0 radical (unpaired) electrons. The molecule has 0 heterocycles. The van der Waals surface area contributed by atoms with Gasteiger partial charge in [-0.3, -0.25) is 4.79 Å². The number of nitrogens with one attached hydrogen (secondary N) is 2. The third kappa shape index (κ3) is 5.04. The van der Waals surface area contributed by atoms with E-state index < -0.39 is 0 Å². The number of rotatable bonds is 7. The SMILES string of the molecule is CCC(CC)NC(=O)CNC1CCC(OC)C1. The van der Waals surface area contributed by atoms with Crippen LogP contribution in [0, 0.1) is 0 Å². The molecule has 100 valence electrons. The van der Waals surface area contributed by atoms with Crippen molar-refractivity contribution < 1.29 is 9.53 Å². The van der Waals surface area contributed by atoms with E-state index in [9.17, 15) is 4.79 Å². The molecule has 0 bridgehead atoms. The van der Waals surface area contributed by atoms with Crippen LogP contribution in [0.2, 0.25) is 0 Å². The lowest BCUT2D eigenvalue weighted by atomic mass is 10.2. The molecular formula is C13H26N2O2. The van der Waals surface area contributed by atoms with Crippen LogP contribution in [0.1, 0.15) is 46.0 Å². The van der Waals surface area contributed by atoms with Crippen molar-refractivity contribution in [1.29, 1.82) is 0 Å². The summed E-state index contributed by atoms with van der Waals surface area (Å²) in [4.78, 5) is 11.7. The summed E-state index contributed by atoms with van der Waals surface area (Å²) in [5.41, 5.74) is 0. The molecule has 0 saturated heterocycles. The summed E-state index contributed by atoms with van der Waals surface area (Å²) in [6.45, 7) is 4.63. The van der Waals surface area contributed by atoms with Gasteiger partial charge in [-0.2, -0.15) is 0 Å². The van der Waals surface area contributed by atoms with Gasteiger partial charge in [0.2, 0.25) is 5.91 Å². The van der Waals surface area contributed by atoms with Crippen LogP contribution < -0.4 is 10.6 Å². The van der Waals surface area contributed by atoms with Gasteiger partial charge in [-0.05, 0) is 32.1 Å². The zero-order chi connectivity index (χ0) is 12.7. The monoisotopic (exact) mass is 242 g/mol. The summed E-state index contributed by atoms with van der Waals surface area (Å²) in [5, 5.41) is 6.34. The van der Waals surface area contributed by atoms with E-state index in [1.165, 1.54) is 0 Å². The molecule has 1 aliphatic rings. The van der Waals surface area contributed by atoms with Crippen LogP contribution in [0.25, 0.3) is 0 Å². The highest BCUT2D eigenvalue weighted by atomic mass is 16.5. The van der Waals surface area contributed by atoms with Crippen molar-refractivity contribution in [2.45, 2.75) is 64.1 Å². The van der Waals surface area contributed by atoms with Gasteiger partial charge >= 0.3 is 0 Å². The van der Waals surface area contributed by atoms with Crippen LogP contribution >= 0.6 is 0 Å². The van der Waals surface area contributed by atoms with E-state index in [1.807, 2.05) is 0 Å². The fourth-order valence-corrected chi connectivity index (χ4v) is 2.35. The van der Waals surface area contributed by atoms with E-state index in [0.717, 1.165) is 32.1 Å². The van der Waals surface area contributed by atoms with Crippen LogP contribution in [0.3, 0.4) is 0 Å². The molecule has 1 rings (SSSR count). The van der Waals surface area contributed by atoms with Gasteiger partial charge in [0.05, 0.1) is 12.6 Å². The van der Waals surface area contributed by atoms with Gasteiger partial charge in [0.15, 0.2) is 0 Å². The summed E-state index contributed by atoms with van der Waals surface area (Å²) in [6.07, 6.45) is 5.59. The van der Waals surface area contributed by atoms with Crippen LogP contribution in [-0.2, 0) is 9.53 Å². The fourth-order valence-electron chi connectivity index (χ4n) is 2.35. The van der Waals surface area contributed by atoms with Crippen molar-refractivity contribution in [3.8, 4) is 0 Å². The van der Waals surface area contributed by atoms with Gasteiger partial charge < -0.3 is 15.4 Å². The van der Waals surface area contributed by atoms with Gasteiger partial charge in [-0.1, -0.05) is 13.8 Å². The van der Waals surface area contributed by atoms with Gasteiger partial charge in [0.1, 0.15) is 0 Å². The Morgan fingerprint density at radius 2 is 2.06 bits per heavy atom. The van der Waals surface area contributed by atoms with Crippen LogP contribution in [0.5, 0.6) is 0 Å². The standard InChI is InChI=1S/C13H26N2O2/c1-4-10(5-2)15-13(16)9-14-11-6-7-12(8-11)17-3/h10-12,14H,4-9H2,1-3H3,(H,15,16). The largest absolute Gasteiger partial charge is 0.381 e. The molecule has 0 spiro atoms. The third-order valence-corrected chi connectivity index (χ3v) is 3.62. The van der Waals surface area contributed by atoms with Gasteiger partial charge in [0, 0.05) is 19.2 Å². The average molecular weight is 242 g/mol. The first kappa shape index (κ1) is 14.5. The summed E-state index contributed by atoms with van der Waals surface area (Å²) in [6, 6.07) is 0.756. The normalized spacial score (nSPS) is 24.2. The van der Waals surface area contributed by atoms with Crippen LogP contribution in [-0.4, -0.2) is 37.7 Å². The number of hydrogen-bond donors (Lipinski definition) is 2. The Labute approximate surface area is 104 Å². The Hall–Kier alpha value is -0.610. The Balaban J connectivity index is 2.16. The highest BCUT2D eigenvalue weighted by molar-refractivity contribution is 5.78. The minimum atomic E-state index is 0.111. The summed E-state index contributed by atoms with van der Waals surface area (Å²) in [7, 11) is 1.76. The zero-order valence-corrected chi connectivity index (χ0v) is 11.3. The van der Waals surface area contributed by atoms with Crippen molar-refractivity contribution in [3.63, 3.8) is 0 Å². The molecule has 1 aliphatic carbocycles. The van der Waals surface area contributed by atoms with Crippen molar-refractivity contribution in [1.82, 2.24) is 10.6 Å². The predicted octanol–water partition coefficient (Wildman–Crippen LogP) is 1.45. The topological polar surface area (TPSA) is 50.4 Å². The second kappa shape index (κ2) is 7.67. The molecule has 1 saturated carbocycles. The Morgan fingerprint density at radius 1 is 1.35 bits per heavy atom. The van der Waals surface area contributed by atoms with Crippen molar-refractivity contribution in [2.75, 3.05) is 13.7 Å². The summed E-state index contributed by atoms with van der Waals surface area (Å²) < 4.78 is 5.31. The summed E-state index contributed by atoms with van der Waals surface area (Å²) >= 11 is 0. The number of hydrogen-bond acceptors (Lipinski definition) is 3. The molecule has 0 aromatic rings. The van der Waals surface area contributed by atoms with Crippen LogP contribution in [0.15, 0.2) is 0 Å². The molecule has 2 atom stereocenters. The number of ether oxygens (including phenoxy) is 1. The first-order valence-electron chi connectivity index (χ1n) is 6.75. The second-order valence-electron chi connectivity index (χ2n) is 4.83. The number of methoxy groups -OCH3 is 1. The van der Waals surface area contributed by atoms with E-state index in [4.69, 9.17) is 4.74 Å². The average Bonchev–Trinajstić information content (AvgIpc) is 2.81. The van der Waals surface area contributed by atoms with Crippen molar-refractivity contribution in [2.24, 2.45) is 0 Å². The Kier molecular flexibility index (Phi) is 6.52. The second-order valence-corrected chi connectivity index (χ2v) is 4.83. The molecule has 0 aromatic heterocycles. The molecule has 4 nitrogen and oxygen atoms in total. The van der Waals surface area contributed by atoms with Crippen LogP contribution in [0.4, 0.5) is 0 Å². The Morgan fingerprint density at radius 3 is 2.59 bits per heavy atom. The smallest absolute Gasteiger partial charge is 0.234 e. The van der Waals surface area contributed by atoms with E-state index in [0.29, 0.717) is 24.7 Å². The molecular weight excluding hydrogens is 216 g/mol. The van der Waals surface area contributed by atoms with Gasteiger partial charge in [-0.25, -0.2) is 0 Å². The minimum Gasteiger partial charge on any atom is -0.381 e. The number of amides is 1. The maximum absolute atomic E-state index is 11.7. The number of carbonyl (C=O) groups is 1. The zero-order valence-electron chi connectivity index (χ0n) is 11.3. The maximum atomic E-state index is 11.7. The highest BCUT2D eigenvalue weighted by Crippen LogP contribution is 2.20. The van der Waals surface area contributed by atoms with Crippen molar-refractivity contribution >= 4 is 5.91 Å². The first-order chi connectivity index (χ1) is 8.19. The first-order valence-corrected chi connectivity index (χ1v) is 6.75. The maximum Gasteiger partial charge on any atom is 0.234 e. The molecule has 2 N–H and O–H groups in total. The predicted molar refractivity (Wildman–Crippen MR) is 69.0 cm³/mol. The quantitative estimate of drug-likeness (QED) is 0.710. The molecule has 0 aliphatic heterocycles. The van der Waals surface area contributed by atoms with Gasteiger partial charge in [0.25, 0.3) is 0 Å². The molecule has 0 aromatic carbocycles. The lowest BCUT2D eigenvalue weighted by molar-refractivity contribution is -0.121. The fraction of sp³-hybridized carbons (Fsp3) is 0.923. The molecule has 2 unspecified atom stereocenters. The minimum absolute atomic E-state index is 0.111. The van der Waals surface area contributed by atoms with Crippen molar-refractivity contribution in [3.05, 3.63) is 0 Å². The lowest BCUT2D eigenvalue weighted by Gasteiger charge is -2.17. The van der Waals surface area contributed by atoms with Gasteiger partial charge in [-0.15, -0.1) is 0 Å². The Bertz CT molecular complexity index is 229. The molecule has 1 amide bonds. The van der Waals surface area contributed by atoms with E-state index in [-0.39, 0.29) is 5.91 Å². The lowest BCUT2D eigenvalue weighted by Crippen LogP contribution is -2.42. The highest BCUT2D eigenvalue weighted by Gasteiger charge is 2.24. The summed E-state index contributed by atoms with van der Waals surface area (Å²) in [5.74, 6) is 0.111. The van der Waals surface area contributed by atoms with E-state index in [2.05, 4.69) is 24.5 Å². The van der Waals surface area contributed by atoms with E-state index >= 15 is 0 Å². The van der Waals surface area contributed by atoms with E-state index in [1.54, 1.807) is 7.11 Å². The molecule has 1 fully saturated rings. The number of carbonyl (C=O) groups excluding carboxylic acids is 1. The molecule has 4 heteroatoms.